The van der Waals surface area contributed by atoms with Crippen molar-refractivity contribution in [2.75, 3.05) is 6.54 Å². The second kappa shape index (κ2) is 6.73. The van der Waals surface area contributed by atoms with Gasteiger partial charge in [0, 0.05) is 17.6 Å². The van der Waals surface area contributed by atoms with Crippen molar-refractivity contribution in [3.8, 4) is 0 Å². The van der Waals surface area contributed by atoms with E-state index in [1.165, 1.54) is 6.08 Å². The van der Waals surface area contributed by atoms with Gasteiger partial charge in [-0.3, -0.25) is 4.79 Å². The number of nitrogens with one attached hydrogen (secondary N) is 1. The van der Waals surface area contributed by atoms with Crippen LogP contribution in [0.5, 0.6) is 0 Å². The summed E-state index contributed by atoms with van der Waals surface area (Å²) in [4.78, 5) is 11.6. The van der Waals surface area contributed by atoms with Crippen LogP contribution in [0.4, 0.5) is 0 Å². The highest BCUT2D eigenvalue weighted by molar-refractivity contribution is 6.30. The predicted molar refractivity (Wildman–Crippen MR) is 76.8 cm³/mol. The molecule has 0 radical (unpaired) electrons. The van der Waals surface area contributed by atoms with Crippen LogP contribution in [0.15, 0.2) is 30.3 Å². The van der Waals surface area contributed by atoms with Gasteiger partial charge in [0.1, 0.15) is 0 Å². The van der Waals surface area contributed by atoms with Crippen molar-refractivity contribution < 1.29 is 9.90 Å². The molecule has 2 rings (SSSR count). The molecule has 4 heteroatoms. The smallest absolute Gasteiger partial charge is 0.244 e. The van der Waals surface area contributed by atoms with E-state index >= 15 is 0 Å². The van der Waals surface area contributed by atoms with Crippen LogP contribution in [0.3, 0.4) is 0 Å². The Morgan fingerprint density at radius 2 is 2.11 bits per heavy atom. The molecule has 0 aliphatic heterocycles. The van der Waals surface area contributed by atoms with Gasteiger partial charge < -0.3 is 10.4 Å². The van der Waals surface area contributed by atoms with Crippen molar-refractivity contribution in [2.45, 2.75) is 25.4 Å². The van der Waals surface area contributed by atoms with Crippen molar-refractivity contribution in [3.63, 3.8) is 0 Å². The molecule has 1 aliphatic carbocycles. The molecule has 0 heterocycles. The van der Waals surface area contributed by atoms with E-state index in [0.717, 1.165) is 24.8 Å². The van der Waals surface area contributed by atoms with Gasteiger partial charge in [0.2, 0.25) is 5.91 Å². The Kier molecular flexibility index (Phi) is 5.00. The minimum Gasteiger partial charge on any atom is -0.393 e. The van der Waals surface area contributed by atoms with E-state index in [1.54, 1.807) is 18.2 Å². The molecular formula is C15H18ClNO2. The number of aliphatic hydroxyl groups is 1. The lowest BCUT2D eigenvalue weighted by Crippen LogP contribution is -2.26. The second-order valence-corrected chi connectivity index (χ2v) is 5.40. The molecule has 1 saturated carbocycles. The summed E-state index contributed by atoms with van der Waals surface area (Å²) in [5.41, 5.74) is 0.941. The van der Waals surface area contributed by atoms with Crippen LogP contribution in [0, 0.1) is 5.92 Å². The van der Waals surface area contributed by atoms with Gasteiger partial charge in [0.15, 0.2) is 0 Å². The zero-order valence-corrected chi connectivity index (χ0v) is 11.4. The van der Waals surface area contributed by atoms with Crippen LogP contribution < -0.4 is 5.32 Å². The minimum atomic E-state index is -0.188. The van der Waals surface area contributed by atoms with Gasteiger partial charge in [-0.2, -0.15) is 0 Å². The maximum Gasteiger partial charge on any atom is 0.244 e. The fourth-order valence-corrected chi connectivity index (χ4v) is 2.41. The molecule has 2 N–H and O–H groups in total. The molecule has 1 aliphatic rings. The quantitative estimate of drug-likeness (QED) is 0.833. The monoisotopic (exact) mass is 279 g/mol. The Morgan fingerprint density at radius 1 is 1.37 bits per heavy atom. The van der Waals surface area contributed by atoms with Crippen LogP contribution >= 0.6 is 11.6 Å². The Morgan fingerprint density at radius 3 is 2.74 bits per heavy atom. The standard InChI is InChI=1S/C15H18ClNO2/c16-13-5-1-11(2-6-13)4-8-15(19)17-10-12-3-7-14(18)9-12/h1-2,4-6,8,12,14,18H,3,7,9-10H2,(H,17,19)/b8-4+. The van der Waals surface area contributed by atoms with Gasteiger partial charge in [-0.05, 0) is 49.0 Å². The maximum atomic E-state index is 11.6. The van der Waals surface area contributed by atoms with Crippen LogP contribution in [-0.2, 0) is 4.79 Å². The molecule has 102 valence electrons. The van der Waals surface area contributed by atoms with E-state index in [2.05, 4.69) is 5.32 Å². The molecule has 1 aromatic rings. The Balaban J connectivity index is 1.76. The zero-order chi connectivity index (χ0) is 13.7. The molecule has 2 atom stereocenters. The second-order valence-electron chi connectivity index (χ2n) is 4.96. The lowest BCUT2D eigenvalue weighted by molar-refractivity contribution is -0.116. The van der Waals surface area contributed by atoms with Gasteiger partial charge >= 0.3 is 0 Å². The molecule has 0 aromatic heterocycles. The summed E-state index contributed by atoms with van der Waals surface area (Å²) in [5.74, 6) is 0.305. The third-order valence-corrected chi connectivity index (χ3v) is 3.63. The lowest BCUT2D eigenvalue weighted by Gasteiger charge is -2.09. The maximum absolute atomic E-state index is 11.6. The molecule has 1 fully saturated rings. The lowest BCUT2D eigenvalue weighted by atomic mass is 10.1. The largest absolute Gasteiger partial charge is 0.393 e. The number of aliphatic hydroxyl groups excluding tert-OH is 1. The van der Waals surface area contributed by atoms with Crippen LogP contribution in [-0.4, -0.2) is 23.7 Å². The topological polar surface area (TPSA) is 49.3 Å². The van der Waals surface area contributed by atoms with E-state index in [4.69, 9.17) is 11.6 Å². The molecule has 0 bridgehead atoms. The van der Waals surface area contributed by atoms with Gasteiger partial charge in [0.25, 0.3) is 0 Å². The summed E-state index contributed by atoms with van der Waals surface area (Å²) in [5, 5.41) is 12.9. The normalized spacial score (nSPS) is 22.8. The highest BCUT2D eigenvalue weighted by atomic mass is 35.5. The van der Waals surface area contributed by atoms with E-state index in [0.29, 0.717) is 17.5 Å². The molecule has 19 heavy (non-hydrogen) atoms. The van der Waals surface area contributed by atoms with Gasteiger partial charge in [0.05, 0.1) is 6.10 Å². The van der Waals surface area contributed by atoms with Gasteiger partial charge in [-0.25, -0.2) is 0 Å². The number of carbonyl (C=O) groups is 1. The third-order valence-electron chi connectivity index (χ3n) is 3.38. The molecule has 0 saturated heterocycles. The van der Waals surface area contributed by atoms with E-state index < -0.39 is 0 Å². The first-order chi connectivity index (χ1) is 9.13. The number of carbonyl (C=O) groups excluding carboxylic acids is 1. The van der Waals surface area contributed by atoms with Crippen molar-refractivity contribution >= 4 is 23.6 Å². The molecule has 1 amide bonds. The van der Waals surface area contributed by atoms with Crippen molar-refractivity contribution in [1.29, 1.82) is 0 Å². The van der Waals surface area contributed by atoms with Gasteiger partial charge in [-0.1, -0.05) is 23.7 Å². The fourth-order valence-electron chi connectivity index (χ4n) is 2.28. The Bertz CT molecular complexity index is 456. The SMILES string of the molecule is O=C(/C=C/c1ccc(Cl)cc1)NCC1CCC(O)C1. The highest BCUT2D eigenvalue weighted by Gasteiger charge is 2.22. The average molecular weight is 280 g/mol. The summed E-state index contributed by atoms with van der Waals surface area (Å²) in [6.07, 6.45) is 5.72. The predicted octanol–water partition coefficient (Wildman–Crippen LogP) is 2.63. The molecule has 3 nitrogen and oxygen atoms in total. The first-order valence-electron chi connectivity index (χ1n) is 6.53. The number of hydrogen-bond donors (Lipinski definition) is 2. The number of amides is 1. The Hall–Kier alpha value is -1.32. The third kappa shape index (κ3) is 4.69. The van der Waals surface area contributed by atoms with Crippen molar-refractivity contribution in [3.05, 3.63) is 40.9 Å². The summed E-state index contributed by atoms with van der Waals surface area (Å²) < 4.78 is 0. The molecule has 2 unspecified atom stereocenters. The number of halogens is 1. The summed E-state index contributed by atoms with van der Waals surface area (Å²) in [6.45, 7) is 0.640. The van der Waals surface area contributed by atoms with Crippen molar-refractivity contribution in [1.82, 2.24) is 5.32 Å². The van der Waals surface area contributed by atoms with E-state index in [9.17, 15) is 9.90 Å². The fraction of sp³-hybridized carbons (Fsp3) is 0.400. The highest BCUT2D eigenvalue weighted by Crippen LogP contribution is 2.24. The van der Waals surface area contributed by atoms with E-state index in [-0.39, 0.29) is 12.0 Å². The van der Waals surface area contributed by atoms with Crippen LogP contribution in [0.2, 0.25) is 5.02 Å². The average Bonchev–Trinajstić information content (AvgIpc) is 2.81. The summed E-state index contributed by atoms with van der Waals surface area (Å²) in [6, 6.07) is 7.30. The molecular weight excluding hydrogens is 262 g/mol. The van der Waals surface area contributed by atoms with Crippen molar-refractivity contribution in [2.24, 2.45) is 5.92 Å². The summed E-state index contributed by atoms with van der Waals surface area (Å²) in [7, 11) is 0. The first kappa shape index (κ1) is 14.1. The number of benzene rings is 1. The molecule has 0 spiro atoms. The Labute approximate surface area is 118 Å². The number of hydrogen-bond acceptors (Lipinski definition) is 2. The first-order valence-corrected chi connectivity index (χ1v) is 6.91. The molecule has 1 aromatic carbocycles. The van der Waals surface area contributed by atoms with Crippen LogP contribution in [0.25, 0.3) is 6.08 Å². The number of rotatable bonds is 4. The van der Waals surface area contributed by atoms with E-state index in [1.807, 2.05) is 12.1 Å². The summed E-state index contributed by atoms with van der Waals surface area (Å²) >= 11 is 5.78. The van der Waals surface area contributed by atoms with Gasteiger partial charge in [-0.15, -0.1) is 0 Å². The minimum absolute atomic E-state index is 0.101. The zero-order valence-electron chi connectivity index (χ0n) is 10.7. The van der Waals surface area contributed by atoms with Crippen LogP contribution in [0.1, 0.15) is 24.8 Å².